The number of rotatable bonds is 4. The SMILES string of the molecule is C=CCC(O)Cc1ccc(C#N)cc1. The van der Waals surface area contributed by atoms with Crippen molar-refractivity contribution in [3.63, 3.8) is 0 Å². The van der Waals surface area contributed by atoms with E-state index >= 15 is 0 Å². The molecular formula is C12H13NO. The highest BCUT2D eigenvalue weighted by Crippen LogP contribution is 2.08. The fourth-order valence-corrected chi connectivity index (χ4v) is 1.26. The first-order valence-electron chi connectivity index (χ1n) is 4.54. The van der Waals surface area contributed by atoms with Crippen LogP contribution in [0.15, 0.2) is 36.9 Å². The quantitative estimate of drug-likeness (QED) is 0.733. The Bertz CT molecular complexity index is 334. The Morgan fingerprint density at radius 3 is 2.57 bits per heavy atom. The second kappa shape index (κ2) is 5.21. The molecule has 14 heavy (non-hydrogen) atoms. The van der Waals surface area contributed by atoms with Gasteiger partial charge < -0.3 is 5.11 Å². The summed E-state index contributed by atoms with van der Waals surface area (Å²) in [5.74, 6) is 0. The minimum absolute atomic E-state index is 0.375. The van der Waals surface area contributed by atoms with Gasteiger partial charge in [-0.3, -0.25) is 0 Å². The summed E-state index contributed by atoms with van der Waals surface area (Å²) in [5.41, 5.74) is 1.69. The topological polar surface area (TPSA) is 44.0 Å². The molecule has 0 aromatic heterocycles. The Morgan fingerprint density at radius 2 is 2.07 bits per heavy atom. The van der Waals surface area contributed by atoms with E-state index in [2.05, 4.69) is 12.6 Å². The zero-order valence-electron chi connectivity index (χ0n) is 7.98. The lowest BCUT2D eigenvalue weighted by molar-refractivity contribution is 0.178. The Balaban J connectivity index is 2.60. The maximum atomic E-state index is 9.49. The summed E-state index contributed by atoms with van der Waals surface area (Å²) < 4.78 is 0. The van der Waals surface area contributed by atoms with Gasteiger partial charge in [0.2, 0.25) is 0 Å². The summed E-state index contributed by atoms with van der Waals surface area (Å²) in [6.45, 7) is 3.57. The molecule has 2 nitrogen and oxygen atoms in total. The van der Waals surface area contributed by atoms with E-state index in [0.29, 0.717) is 18.4 Å². The van der Waals surface area contributed by atoms with E-state index in [-0.39, 0.29) is 6.10 Å². The van der Waals surface area contributed by atoms with Crippen LogP contribution in [0.25, 0.3) is 0 Å². The van der Waals surface area contributed by atoms with Crippen molar-refractivity contribution in [2.24, 2.45) is 0 Å². The minimum atomic E-state index is -0.375. The van der Waals surface area contributed by atoms with Gasteiger partial charge in [-0.1, -0.05) is 18.2 Å². The Kier molecular flexibility index (Phi) is 3.90. The first kappa shape index (κ1) is 10.5. The van der Waals surface area contributed by atoms with Crippen molar-refractivity contribution in [3.05, 3.63) is 48.0 Å². The monoisotopic (exact) mass is 187 g/mol. The molecular weight excluding hydrogens is 174 g/mol. The van der Waals surface area contributed by atoms with E-state index in [9.17, 15) is 5.11 Å². The van der Waals surface area contributed by atoms with E-state index in [4.69, 9.17) is 5.26 Å². The molecule has 2 heteroatoms. The second-order valence-electron chi connectivity index (χ2n) is 3.19. The van der Waals surface area contributed by atoms with Gasteiger partial charge in [0.25, 0.3) is 0 Å². The zero-order chi connectivity index (χ0) is 10.4. The highest BCUT2D eigenvalue weighted by molar-refractivity contribution is 5.31. The standard InChI is InChI=1S/C12H13NO/c1-2-3-12(14)8-10-4-6-11(9-13)7-5-10/h2,4-7,12,14H,1,3,8H2. The lowest BCUT2D eigenvalue weighted by Gasteiger charge is -2.07. The van der Waals surface area contributed by atoms with Crippen molar-refractivity contribution in [1.29, 1.82) is 5.26 Å². The Morgan fingerprint density at radius 1 is 1.43 bits per heavy atom. The van der Waals surface area contributed by atoms with Gasteiger partial charge in [-0.2, -0.15) is 5.26 Å². The summed E-state index contributed by atoms with van der Waals surface area (Å²) in [6.07, 6.45) is 2.53. The molecule has 0 radical (unpaired) electrons. The van der Waals surface area contributed by atoms with E-state index in [0.717, 1.165) is 5.56 Å². The van der Waals surface area contributed by atoms with E-state index in [1.165, 1.54) is 0 Å². The van der Waals surface area contributed by atoms with Crippen molar-refractivity contribution in [2.75, 3.05) is 0 Å². The van der Waals surface area contributed by atoms with Crippen molar-refractivity contribution < 1.29 is 5.11 Å². The van der Waals surface area contributed by atoms with Crippen LogP contribution in [-0.2, 0) is 6.42 Å². The number of hydrogen-bond donors (Lipinski definition) is 1. The summed E-state index contributed by atoms with van der Waals surface area (Å²) in [4.78, 5) is 0. The molecule has 1 rings (SSSR count). The molecule has 0 amide bonds. The molecule has 0 aliphatic carbocycles. The average molecular weight is 187 g/mol. The van der Waals surface area contributed by atoms with Crippen LogP contribution in [0.2, 0.25) is 0 Å². The molecule has 0 aliphatic rings. The average Bonchev–Trinajstić information content (AvgIpc) is 2.19. The smallest absolute Gasteiger partial charge is 0.0991 e. The van der Waals surface area contributed by atoms with Crippen molar-refractivity contribution in [1.82, 2.24) is 0 Å². The van der Waals surface area contributed by atoms with Crippen LogP contribution in [0, 0.1) is 11.3 Å². The predicted octanol–water partition coefficient (Wildman–Crippen LogP) is 2.04. The number of aliphatic hydroxyl groups excluding tert-OH is 1. The molecule has 72 valence electrons. The first-order valence-corrected chi connectivity index (χ1v) is 4.54. The van der Waals surface area contributed by atoms with Gasteiger partial charge in [0.05, 0.1) is 17.7 Å². The van der Waals surface area contributed by atoms with Crippen LogP contribution in [0.1, 0.15) is 17.5 Å². The third kappa shape index (κ3) is 3.04. The third-order valence-electron chi connectivity index (χ3n) is 1.99. The lowest BCUT2D eigenvalue weighted by atomic mass is 10.0. The fourth-order valence-electron chi connectivity index (χ4n) is 1.26. The van der Waals surface area contributed by atoms with Crippen LogP contribution < -0.4 is 0 Å². The fraction of sp³-hybridized carbons (Fsp3) is 0.250. The van der Waals surface area contributed by atoms with Crippen molar-refractivity contribution in [3.8, 4) is 6.07 Å². The normalized spacial score (nSPS) is 11.7. The second-order valence-corrected chi connectivity index (χ2v) is 3.19. The maximum Gasteiger partial charge on any atom is 0.0991 e. The molecule has 0 saturated carbocycles. The molecule has 1 unspecified atom stereocenters. The molecule has 0 saturated heterocycles. The number of nitriles is 1. The van der Waals surface area contributed by atoms with E-state index in [1.807, 2.05) is 12.1 Å². The van der Waals surface area contributed by atoms with Gasteiger partial charge in [0, 0.05) is 0 Å². The molecule has 0 aliphatic heterocycles. The summed E-state index contributed by atoms with van der Waals surface area (Å²) in [6, 6.07) is 9.31. The van der Waals surface area contributed by atoms with Gasteiger partial charge in [-0.15, -0.1) is 6.58 Å². The molecule has 0 fully saturated rings. The van der Waals surface area contributed by atoms with Crippen molar-refractivity contribution >= 4 is 0 Å². The van der Waals surface area contributed by atoms with Crippen LogP contribution >= 0.6 is 0 Å². The summed E-state index contributed by atoms with van der Waals surface area (Å²) in [5, 5.41) is 18.1. The van der Waals surface area contributed by atoms with E-state index < -0.39 is 0 Å². The maximum absolute atomic E-state index is 9.49. The Hall–Kier alpha value is -1.59. The molecule has 1 aromatic rings. The molecule has 1 atom stereocenters. The summed E-state index contributed by atoms with van der Waals surface area (Å²) >= 11 is 0. The summed E-state index contributed by atoms with van der Waals surface area (Å²) in [7, 11) is 0. The highest BCUT2D eigenvalue weighted by Gasteiger charge is 2.02. The molecule has 0 heterocycles. The largest absolute Gasteiger partial charge is 0.392 e. The Labute approximate surface area is 84.1 Å². The number of aliphatic hydroxyl groups is 1. The first-order chi connectivity index (χ1) is 6.76. The molecule has 0 bridgehead atoms. The molecule has 0 spiro atoms. The van der Waals surface area contributed by atoms with Crippen molar-refractivity contribution in [2.45, 2.75) is 18.9 Å². The highest BCUT2D eigenvalue weighted by atomic mass is 16.3. The minimum Gasteiger partial charge on any atom is -0.392 e. The van der Waals surface area contributed by atoms with Gasteiger partial charge in [-0.05, 0) is 30.5 Å². The third-order valence-corrected chi connectivity index (χ3v) is 1.99. The van der Waals surface area contributed by atoms with Gasteiger partial charge in [0.1, 0.15) is 0 Å². The van der Waals surface area contributed by atoms with Crippen LogP contribution in [0.3, 0.4) is 0 Å². The number of nitrogens with zero attached hydrogens (tertiary/aromatic N) is 1. The van der Waals surface area contributed by atoms with Gasteiger partial charge >= 0.3 is 0 Å². The zero-order valence-corrected chi connectivity index (χ0v) is 7.98. The van der Waals surface area contributed by atoms with Crippen LogP contribution in [0.5, 0.6) is 0 Å². The van der Waals surface area contributed by atoms with Gasteiger partial charge in [0.15, 0.2) is 0 Å². The predicted molar refractivity (Wildman–Crippen MR) is 55.7 cm³/mol. The number of benzene rings is 1. The lowest BCUT2D eigenvalue weighted by Crippen LogP contribution is -2.08. The van der Waals surface area contributed by atoms with E-state index in [1.54, 1.807) is 18.2 Å². The molecule has 1 aromatic carbocycles. The van der Waals surface area contributed by atoms with Gasteiger partial charge in [-0.25, -0.2) is 0 Å². The molecule has 1 N–H and O–H groups in total. The van der Waals surface area contributed by atoms with Crippen LogP contribution in [-0.4, -0.2) is 11.2 Å². The number of hydrogen-bond acceptors (Lipinski definition) is 2. The van der Waals surface area contributed by atoms with Crippen LogP contribution in [0.4, 0.5) is 0 Å².